The van der Waals surface area contributed by atoms with Gasteiger partial charge < -0.3 is 10.6 Å². The highest BCUT2D eigenvalue weighted by Gasteiger charge is 2.29. The summed E-state index contributed by atoms with van der Waals surface area (Å²) in [6.07, 6.45) is 1.70. The van der Waals surface area contributed by atoms with Gasteiger partial charge in [0.2, 0.25) is 0 Å². The number of carbonyl (C=O) groups excluding carboxylic acids is 2. The molecular weight excluding hydrogens is 872 g/mol. The van der Waals surface area contributed by atoms with Gasteiger partial charge in [-0.1, -0.05) is 35.9 Å². The van der Waals surface area contributed by atoms with Gasteiger partial charge in [-0.25, -0.2) is 19.0 Å². The topological polar surface area (TPSA) is 131 Å². The van der Waals surface area contributed by atoms with Gasteiger partial charge in [-0.05, 0) is 92.8 Å². The molecule has 2 aliphatic rings. The number of benzene rings is 2. The second kappa shape index (κ2) is 18.6. The standard InChI is InChI=1S/C26H24F3N5O.C21H20ClF3N4O/c1-16-12-19(4-5-20(16)24(35)13-17-2-3-17)23-15-32-25-22(31-11-8-26(27,28)29)14-21(33-34(23)25)18-6-9-30-10-7-18;1-12-8-14(4-5-15(12)18(30)9-13-2-3-13)17-11-27-20-16(10-19(22)28-29(17)20)26-7-6-21(23,24)25/h4-7,9-10,12,14-15,17,31H,2-3,8,11,13H2,1H3;4-5,8,10-11,13,26H,2-3,6-7,9H2,1H3. The first-order valence-corrected chi connectivity index (χ1v) is 21.6. The van der Waals surface area contributed by atoms with Crippen LogP contribution in [0, 0.1) is 25.7 Å². The fourth-order valence-corrected chi connectivity index (χ4v) is 7.75. The molecule has 0 saturated heterocycles. The minimum atomic E-state index is -4.26. The summed E-state index contributed by atoms with van der Waals surface area (Å²) in [6, 6.07) is 17.9. The Hall–Kier alpha value is -6.36. The number of alkyl halides is 6. The third-order valence-corrected chi connectivity index (χ3v) is 11.5. The predicted molar refractivity (Wildman–Crippen MR) is 236 cm³/mol. The Bertz CT molecular complexity index is 2870. The molecule has 18 heteroatoms. The molecule has 0 aliphatic heterocycles. The van der Waals surface area contributed by atoms with Crippen molar-refractivity contribution in [1.29, 1.82) is 0 Å². The number of fused-ring (bicyclic) bond motifs is 2. The summed E-state index contributed by atoms with van der Waals surface area (Å²) in [5.74, 6) is 1.34. The van der Waals surface area contributed by atoms with Crippen molar-refractivity contribution in [3.63, 3.8) is 0 Å². The van der Waals surface area contributed by atoms with Gasteiger partial charge >= 0.3 is 12.4 Å². The van der Waals surface area contributed by atoms with Gasteiger partial charge in [0.05, 0.1) is 53.7 Å². The smallest absolute Gasteiger partial charge is 0.382 e. The van der Waals surface area contributed by atoms with Crippen molar-refractivity contribution in [1.82, 2.24) is 34.2 Å². The van der Waals surface area contributed by atoms with Crippen molar-refractivity contribution >= 4 is 45.8 Å². The molecule has 0 spiro atoms. The number of ketones is 2. The minimum absolute atomic E-state index is 0.129. The van der Waals surface area contributed by atoms with Crippen LogP contribution in [-0.4, -0.2) is 71.2 Å². The number of hydrogen-bond donors (Lipinski definition) is 2. The Balaban J connectivity index is 0.000000179. The molecular formula is C47H44ClF6N9O2. The number of carbonyl (C=O) groups is 2. The molecule has 2 fully saturated rings. The van der Waals surface area contributed by atoms with Crippen LogP contribution in [0.4, 0.5) is 37.7 Å². The number of Topliss-reactive ketones (excluding diaryl/α,β-unsaturated/α-hetero) is 2. The molecule has 2 saturated carbocycles. The molecule has 0 amide bonds. The Kier molecular flexibility index (Phi) is 13.0. The summed E-state index contributed by atoms with van der Waals surface area (Å²) in [5.41, 5.74) is 9.06. The fourth-order valence-electron chi connectivity index (χ4n) is 7.56. The lowest BCUT2D eigenvalue weighted by Crippen LogP contribution is -2.15. The first-order valence-electron chi connectivity index (χ1n) is 21.2. The number of imidazole rings is 2. The van der Waals surface area contributed by atoms with E-state index >= 15 is 0 Å². The maximum atomic E-state index is 12.7. The van der Waals surface area contributed by atoms with Crippen molar-refractivity contribution < 1.29 is 35.9 Å². The zero-order valence-electron chi connectivity index (χ0n) is 35.4. The molecule has 2 aromatic carbocycles. The van der Waals surface area contributed by atoms with Crippen LogP contribution in [0.2, 0.25) is 5.15 Å². The average molecular weight is 916 g/mol. The molecule has 2 aliphatic carbocycles. The van der Waals surface area contributed by atoms with E-state index in [1.807, 2.05) is 50.2 Å². The summed E-state index contributed by atoms with van der Waals surface area (Å²) in [4.78, 5) is 37.9. The first kappa shape index (κ1) is 45.2. The maximum Gasteiger partial charge on any atom is 0.390 e. The molecule has 2 N–H and O–H groups in total. The molecule has 9 rings (SSSR count). The normalized spacial score (nSPS) is 14.0. The lowest BCUT2D eigenvalue weighted by molar-refractivity contribution is -0.132. The summed E-state index contributed by atoms with van der Waals surface area (Å²) in [6.45, 7) is 3.22. The van der Waals surface area contributed by atoms with E-state index < -0.39 is 25.2 Å². The first-order chi connectivity index (χ1) is 31.0. The second-order valence-corrected chi connectivity index (χ2v) is 17.0. The number of rotatable bonds is 15. The van der Waals surface area contributed by atoms with Crippen LogP contribution < -0.4 is 10.6 Å². The molecule has 5 aromatic heterocycles. The van der Waals surface area contributed by atoms with E-state index in [1.54, 1.807) is 47.5 Å². The lowest BCUT2D eigenvalue weighted by atomic mass is 9.98. The lowest BCUT2D eigenvalue weighted by Gasteiger charge is -2.13. The molecule has 5 heterocycles. The SMILES string of the molecule is Cc1cc(-c2cnc3c(NCCC(F)(F)F)cc(-c4ccncc4)nn23)ccc1C(=O)CC1CC1.Cc1cc(-c2cnc3c(NCCC(F)(F)F)cc(Cl)nn23)ccc1C(=O)CC1CC1. The van der Waals surface area contributed by atoms with Gasteiger partial charge in [-0.15, -0.1) is 0 Å². The Morgan fingerprint density at radius 1 is 0.646 bits per heavy atom. The van der Waals surface area contributed by atoms with Gasteiger partial charge in [0.1, 0.15) is 0 Å². The zero-order valence-corrected chi connectivity index (χ0v) is 36.2. The van der Waals surface area contributed by atoms with Crippen LogP contribution in [-0.2, 0) is 0 Å². The fraction of sp³-hybridized carbons (Fsp3) is 0.340. The number of hydrogen-bond acceptors (Lipinski definition) is 9. The number of halogens is 7. The van der Waals surface area contributed by atoms with E-state index in [2.05, 4.69) is 30.7 Å². The average Bonchev–Trinajstić information content (AvgIpc) is 4.17. The Morgan fingerprint density at radius 3 is 1.55 bits per heavy atom. The Labute approximate surface area is 374 Å². The highest BCUT2D eigenvalue weighted by Crippen LogP contribution is 2.36. The maximum absolute atomic E-state index is 12.7. The highest BCUT2D eigenvalue weighted by atomic mass is 35.5. The van der Waals surface area contributed by atoms with Gasteiger partial charge in [0.25, 0.3) is 0 Å². The quantitative estimate of drug-likeness (QED) is 0.0762. The predicted octanol–water partition coefficient (Wildman–Crippen LogP) is 11.8. The van der Waals surface area contributed by atoms with E-state index in [1.165, 1.54) is 10.6 Å². The second-order valence-electron chi connectivity index (χ2n) is 16.6. The molecule has 0 bridgehead atoms. The number of anilines is 2. The third kappa shape index (κ3) is 11.3. The number of aromatic nitrogens is 7. The largest absolute Gasteiger partial charge is 0.390 e. The molecule has 0 unspecified atom stereocenters. The van der Waals surface area contributed by atoms with E-state index in [9.17, 15) is 35.9 Å². The van der Waals surface area contributed by atoms with Crippen LogP contribution in [0.15, 0.2) is 85.5 Å². The van der Waals surface area contributed by atoms with Crippen molar-refractivity contribution in [3.8, 4) is 33.8 Å². The monoisotopic (exact) mass is 915 g/mol. The molecule has 65 heavy (non-hydrogen) atoms. The highest BCUT2D eigenvalue weighted by molar-refractivity contribution is 6.29. The van der Waals surface area contributed by atoms with Gasteiger partial charge in [-0.2, -0.15) is 36.5 Å². The van der Waals surface area contributed by atoms with E-state index in [0.717, 1.165) is 59.1 Å². The number of nitrogens with zero attached hydrogens (tertiary/aromatic N) is 7. The van der Waals surface area contributed by atoms with Crippen LogP contribution in [0.5, 0.6) is 0 Å². The minimum Gasteiger partial charge on any atom is -0.382 e. The molecule has 0 radical (unpaired) electrons. The summed E-state index contributed by atoms with van der Waals surface area (Å²) in [5, 5.41) is 14.7. The van der Waals surface area contributed by atoms with E-state index in [-0.39, 0.29) is 29.8 Å². The van der Waals surface area contributed by atoms with Crippen molar-refractivity contribution in [3.05, 3.63) is 113 Å². The summed E-state index contributed by atoms with van der Waals surface area (Å²) in [7, 11) is 0. The van der Waals surface area contributed by atoms with E-state index in [0.29, 0.717) is 70.0 Å². The molecule has 11 nitrogen and oxygen atoms in total. The van der Waals surface area contributed by atoms with Gasteiger partial charge in [-0.3, -0.25) is 14.6 Å². The van der Waals surface area contributed by atoms with Gasteiger partial charge in [0, 0.05) is 72.2 Å². The van der Waals surface area contributed by atoms with Crippen molar-refractivity contribution in [2.24, 2.45) is 11.8 Å². The van der Waals surface area contributed by atoms with Crippen LogP contribution >= 0.6 is 11.6 Å². The van der Waals surface area contributed by atoms with E-state index in [4.69, 9.17) is 16.7 Å². The number of aryl methyl sites for hydroxylation is 2. The molecule has 7 aromatic rings. The summed E-state index contributed by atoms with van der Waals surface area (Å²) < 4.78 is 78.7. The number of nitrogens with one attached hydrogen (secondary N) is 2. The molecule has 0 atom stereocenters. The van der Waals surface area contributed by atoms with Crippen LogP contribution in [0.25, 0.3) is 45.1 Å². The van der Waals surface area contributed by atoms with Crippen molar-refractivity contribution in [2.75, 3.05) is 23.7 Å². The van der Waals surface area contributed by atoms with Gasteiger partial charge in [0.15, 0.2) is 28.0 Å². The Morgan fingerprint density at radius 2 is 1.11 bits per heavy atom. The number of pyridine rings is 1. The van der Waals surface area contributed by atoms with Crippen LogP contribution in [0.3, 0.4) is 0 Å². The summed E-state index contributed by atoms with van der Waals surface area (Å²) >= 11 is 6.09. The molecule has 338 valence electrons. The zero-order chi connectivity index (χ0) is 46.0. The van der Waals surface area contributed by atoms with Crippen molar-refractivity contribution in [2.45, 2.75) is 77.6 Å². The van der Waals surface area contributed by atoms with Crippen LogP contribution in [0.1, 0.15) is 83.2 Å². The third-order valence-electron chi connectivity index (χ3n) is 11.3.